The lowest BCUT2D eigenvalue weighted by Crippen LogP contribution is -2.30. The van der Waals surface area contributed by atoms with Crippen LogP contribution in [0.15, 0.2) is 36.4 Å². The minimum atomic E-state index is -0.860. The third-order valence-electron chi connectivity index (χ3n) is 9.83. The van der Waals surface area contributed by atoms with E-state index in [0.29, 0.717) is 29.5 Å². The number of pyridine rings is 1. The van der Waals surface area contributed by atoms with Crippen molar-refractivity contribution in [3.8, 4) is 0 Å². The van der Waals surface area contributed by atoms with E-state index in [4.69, 9.17) is 49.7 Å². The minimum Gasteiger partial charge on any atom is -0.481 e. The first kappa shape index (κ1) is 55.7. The number of rotatable bonds is 18. The molecule has 59 heavy (non-hydrogen) atoms. The molecule has 2 fully saturated rings. The third-order valence-corrected chi connectivity index (χ3v) is 12.3. The molecular weight excluding hydrogens is 808 g/mol. The molecule has 0 spiro atoms. The van der Waals surface area contributed by atoms with E-state index in [0.717, 1.165) is 25.2 Å². The number of carbonyl (C=O) groups is 2. The fourth-order valence-electron chi connectivity index (χ4n) is 6.59. The molecule has 4 unspecified atom stereocenters. The summed E-state index contributed by atoms with van der Waals surface area (Å²) in [6.07, 6.45) is 11.8. The topological polar surface area (TPSA) is 123 Å². The molecule has 2 aliphatic heterocycles. The van der Waals surface area contributed by atoms with Gasteiger partial charge < -0.3 is 33.1 Å². The second kappa shape index (κ2) is 25.7. The highest BCUT2D eigenvalue weighted by atomic mass is 35.5. The molecule has 3 rings (SSSR count). The number of nitrogens with zero attached hydrogens (tertiary/aromatic N) is 1. The zero-order valence-corrected chi connectivity index (χ0v) is 42.1. The van der Waals surface area contributed by atoms with Gasteiger partial charge in [0.05, 0.1) is 37.3 Å². The van der Waals surface area contributed by atoms with Crippen molar-refractivity contribution in [3.63, 3.8) is 0 Å². The van der Waals surface area contributed by atoms with Gasteiger partial charge >= 0.3 is 5.97 Å². The molecule has 1 N–H and O–H groups in total. The van der Waals surface area contributed by atoms with Crippen molar-refractivity contribution in [1.29, 1.82) is 0 Å². The number of hydrogen-bond donors (Lipinski definition) is 1. The van der Waals surface area contributed by atoms with Crippen LogP contribution in [0, 0.1) is 30.6 Å². The van der Waals surface area contributed by atoms with Gasteiger partial charge in [0, 0.05) is 65.9 Å². The van der Waals surface area contributed by atoms with Crippen molar-refractivity contribution in [2.45, 2.75) is 176 Å². The Morgan fingerprint density at radius 2 is 1.14 bits per heavy atom. The average molecular weight is 889 g/mol. The van der Waals surface area contributed by atoms with Gasteiger partial charge in [-0.15, -0.1) is 0 Å². The molecule has 0 saturated carbocycles. The molecule has 2 saturated heterocycles. The van der Waals surface area contributed by atoms with E-state index in [2.05, 4.69) is 106 Å². The van der Waals surface area contributed by atoms with Crippen LogP contribution in [0.3, 0.4) is 0 Å². The Kier molecular flexibility index (Phi) is 24.3. The molecular formula is C46H80ClNO9P2. The van der Waals surface area contributed by atoms with Crippen LogP contribution in [0.25, 0.3) is 0 Å². The first-order chi connectivity index (χ1) is 27.1. The van der Waals surface area contributed by atoms with Crippen molar-refractivity contribution in [2.24, 2.45) is 23.7 Å². The summed E-state index contributed by atoms with van der Waals surface area (Å²) in [6, 6.07) is 4.38. The van der Waals surface area contributed by atoms with E-state index in [1.54, 1.807) is 14.2 Å². The van der Waals surface area contributed by atoms with Gasteiger partial charge in [0.15, 0.2) is 11.6 Å². The van der Waals surface area contributed by atoms with Crippen LogP contribution in [0.4, 0.5) is 0 Å². The van der Waals surface area contributed by atoms with Gasteiger partial charge in [-0.05, 0) is 101 Å². The first-order valence-electron chi connectivity index (χ1n) is 21.1. The molecule has 1 aromatic heterocycles. The maximum atomic E-state index is 11.2. The summed E-state index contributed by atoms with van der Waals surface area (Å²) in [7, 11) is 4.57. The fraction of sp³-hybridized carbons (Fsp3) is 0.761. The van der Waals surface area contributed by atoms with Gasteiger partial charge in [0.25, 0.3) is 0 Å². The Bertz CT molecular complexity index is 1370. The molecule has 10 atom stereocenters. The number of ether oxygens (including phenoxy) is 4. The number of aryl methyl sites for hydroxylation is 1. The highest BCUT2D eigenvalue weighted by molar-refractivity contribution is 7.32. The number of aromatic nitrogens is 1. The lowest BCUT2D eigenvalue weighted by molar-refractivity contribution is -0.154. The summed E-state index contributed by atoms with van der Waals surface area (Å²) in [6.45, 7) is 31.3. The molecule has 0 radical (unpaired) electrons. The Hall–Kier alpha value is -1.32. The van der Waals surface area contributed by atoms with Crippen LogP contribution in [0.1, 0.15) is 140 Å². The number of hydrogen-bond acceptors (Lipinski definition) is 9. The first-order valence-corrected chi connectivity index (χ1v) is 23.7. The molecule has 0 aliphatic carbocycles. The number of carboxylic acid groups (broad SMARTS) is 1. The molecule has 2 aliphatic rings. The van der Waals surface area contributed by atoms with Crippen LogP contribution in [0.2, 0.25) is 0 Å². The highest BCUT2D eigenvalue weighted by Gasteiger charge is 2.45. The van der Waals surface area contributed by atoms with Gasteiger partial charge in [-0.2, -0.15) is 0 Å². The summed E-state index contributed by atoms with van der Waals surface area (Å²) >= 11 is 5.51. The van der Waals surface area contributed by atoms with Crippen molar-refractivity contribution in [1.82, 2.24) is 4.98 Å². The monoisotopic (exact) mass is 887 g/mol. The maximum absolute atomic E-state index is 11.2. The van der Waals surface area contributed by atoms with Crippen molar-refractivity contribution < 1.29 is 42.7 Å². The highest BCUT2D eigenvalue weighted by Crippen LogP contribution is 2.36. The molecule has 0 bridgehead atoms. The van der Waals surface area contributed by atoms with Gasteiger partial charge in [-0.3, -0.25) is 14.6 Å². The molecule has 340 valence electrons. The Morgan fingerprint density at radius 1 is 0.763 bits per heavy atom. The van der Waals surface area contributed by atoms with E-state index in [1.165, 1.54) is 17.0 Å². The molecule has 0 amide bonds. The van der Waals surface area contributed by atoms with E-state index in [-0.39, 0.29) is 59.1 Å². The van der Waals surface area contributed by atoms with Crippen molar-refractivity contribution in [2.75, 3.05) is 26.5 Å². The van der Waals surface area contributed by atoms with Crippen LogP contribution in [0.5, 0.6) is 0 Å². The third kappa shape index (κ3) is 22.6. The van der Waals surface area contributed by atoms with Crippen molar-refractivity contribution >= 4 is 40.4 Å². The number of aliphatic carboxylic acids is 1. The van der Waals surface area contributed by atoms with Gasteiger partial charge in [0.1, 0.15) is 0 Å². The Labute approximate surface area is 366 Å². The van der Waals surface area contributed by atoms with Gasteiger partial charge in [0.2, 0.25) is 5.24 Å². The van der Waals surface area contributed by atoms with Gasteiger partial charge in [-0.25, -0.2) is 0 Å². The molecule has 3 heterocycles. The predicted octanol–water partition coefficient (Wildman–Crippen LogP) is 11.5. The van der Waals surface area contributed by atoms with Crippen LogP contribution in [-0.2, 0) is 48.4 Å². The molecule has 13 heteroatoms. The maximum Gasteiger partial charge on any atom is 0.306 e. The Balaban J connectivity index is 0.000000451. The zero-order chi connectivity index (χ0) is 45.4. The van der Waals surface area contributed by atoms with E-state index in [1.807, 2.05) is 34.6 Å². The largest absolute Gasteiger partial charge is 0.481 e. The van der Waals surface area contributed by atoms with Crippen LogP contribution >= 0.6 is 29.2 Å². The Morgan fingerprint density at radius 3 is 1.46 bits per heavy atom. The number of allylic oxidation sites excluding steroid dienone is 2. The molecule has 0 aromatic carbocycles. The SMILES string of the molecule is COPC[C@H](C)C/C=C\C(C)[C@H]1OC(C)(C)O[C@H]1CC(=O)Cl.COPC[C@H](C)C/C=C\C(C)[C@H]1OC(C)(C)O[C@H]1CC(=O)O.Cc1cc(C(C)(C)C)nc(C(C)(C)C)c1. The molecule has 1 aromatic rings. The summed E-state index contributed by atoms with van der Waals surface area (Å²) in [4.78, 5) is 26.9. The lowest BCUT2D eigenvalue weighted by atomic mass is 9.87. The average Bonchev–Trinajstić information content (AvgIpc) is 3.57. The van der Waals surface area contributed by atoms with E-state index < -0.39 is 23.6 Å². The quantitative estimate of drug-likeness (QED) is 0.0866. The van der Waals surface area contributed by atoms with E-state index in [9.17, 15) is 9.59 Å². The number of carboxylic acids is 1. The van der Waals surface area contributed by atoms with Crippen molar-refractivity contribution in [3.05, 3.63) is 53.4 Å². The molecule has 10 nitrogen and oxygen atoms in total. The summed E-state index contributed by atoms with van der Waals surface area (Å²) in [5.74, 6) is -0.797. The standard InChI is InChI=1S/C16H28ClO4P.C16H29O5P.C14H23N/c2*1-11(10-22-19-5)7-6-8-12(2)15-13(9-14(17)18)20-16(3,4)21-15;1-10-8-11(13(2,3)4)15-12(9-10)14(5,6)7/h6,8,11-13,15,22H,7,9-10H2,1-5H3;6,8,11-13,15,22H,7,9-10H2,1-5H3,(H,17,18);8-9H,1-7H3/b2*8-6-;/t2*11-,12?,13+,15-;/m11./s1. The number of carbonyl (C=O) groups excluding carboxylic acids is 1. The zero-order valence-electron chi connectivity index (χ0n) is 39.4. The summed E-state index contributed by atoms with van der Waals surface area (Å²) in [5.41, 5.74) is 3.94. The summed E-state index contributed by atoms with van der Waals surface area (Å²) in [5, 5.41) is 8.62. The normalized spacial score (nSPS) is 24.0. The number of halogens is 1. The fourth-order valence-corrected chi connectivity index (χ4v) is 7.98. The van der Waals surface area contributed by atoms with Crippen LogP contribution < -0.4 is 0 Å². The summed E-state index contributed by atoms with van der Waals surface area (Å²) < 4.78 is 33.6. The van der Waals surface area contributed by atoms with Crippen LogP contribution in [-0.4, -0.2) is 83.8 Å². The smallest absolute Gasteiger partial charge is 0.306 e. The second-order valence-corrected chi connectivity index (χ2v) is 21.8. The van der Waals surface area contributed by atoms with Gasteiger partial charge in [-0.1, -0.05) is 93.5 Å². The minimum absolute atomic E-state index is 0.0301. The van der Waals surface area contributed by atoms with E-state index >= 15 is 0 Å². The lowest BCUT2D eigenvalue weighted by Gasteiger charge is -2.24. The second-order valence-electron chi connectivity index (χ2n) is 19.2. The predicted molar refractivity (Wildman–Crippen MR) is 246 cm³/mol.